The Kier molecular flexibility index (Phi) is 6.75. The summed E-state index contributed by atoms with van der Waals surface area (Å²) in [7, 11) is 0. The smallest absolute Gasteiger partial charge is 0.326 e. The monoisotopic (exact) mass is 396 g/mol. The largest absolute Gasteiger partial charge is 0.461 e. The summed E-state index contributed by atoms with van der Waals surface area (Å²) in [5.74, 6) is -0.844. The summed E-state index contributed by atoms with van der Waals surface area (Å²) in [5.41, 5.74) is 10.6. The first-order valence-corrected chi connectivity index (χ1v) is 9.00. The van der Waals surface area contributed by atoms with Crippen LogP contribution in [-0.4, -0.2) is 55.5 Å². The second kappa shape index (κ2) is 8.67. The number of aliphatic hydroxyl groups is 1. The highest BCUT2D eigenvalue weighted by Crippen LogP contribution is 2.25. The molecule has 0 amide bonds. The molecule has 0 spiro atoms. The number of rotatable bonds is 9. The van der Waals surface area contributed by atoms with E-state index >= 15 is 0 Å². The van der Waals surface area contributed by atoms with Crippen LogP contribution in [0.1, 0.15) is 27.7 Å². The Hall–Kier alpha value is -2.50. The van der Waals surface area contributed by atoms with Crippen LogP contribution in [0.25, 0.3) is 11.2 Å². The highest BCUT2D eigenvalue weighted by molar-refractivity contribution is 5.81. The van der Waals surface area contributed by atoms with Crippen LogP contribution in [0.2, 0.25) is 0 Å². The van der Waals surface area contributed by atoms with Crippen molar-refractivity contribution >= 4 is 23.1 Å². The van der Waals surface area contributed by atoms with Crippen LogP contribution in [0.4, 0.5) is 5.95 Å². The quantitative estimate of drug-likeness (QED) is 0.411. The van der Waals surface area contributed by atoms with Crippen molar-refractivity contribution in [2.75, 3.05) is 18.9 Å². The lowest BCUT2D eigenvalue weighted by atomic mass is 9.78. The fraction of sp³-hybridized carbons (Fsp3) is 0.647. The summed E-state index contributed by atoms with van der Waals surface area (Å²) in [4.78, 5) is 34.6. The minimum atomic E-state index is -1.14. The number of aliphatic hydroxyl groups excluding tert-OH is 1. The fourth-order valence-corrected chi connectivity index (χ4v) is 2.84. The number of hydrogen-bond donors (Lipinski definition) is 4. The third-order valence-corrected chi connectivity index (χ3v) is 4.81. The molecule has 6 N–H and O–H groups in total. The van der Waals surface area contributed by atoms with Gasteiger partial charge in [0.05, 0.1) is 12.9 Å². The van der Waals surface area contributed by atoms with E-state index in [0.717, 1.165) is 0 Å². The zero-order valence-corrected chi connectivity index (χ0v) is 16.5. The number of nitrogens with zero attached hydrogens (tertiary/aromatic N) is 3. The fourth-order valence-electron chi connectivity index (χ4n) is 2.84. The van der Waals surface area contributed by atoms with Gasteiger partial charge in [0, 0.05) is 0 Å². The molecule has 156 valence electrons. The number of nitrogens with two attached hydrogens (primary N) is 2. The lowest BCUT2D eigenvalue weighted by Crippen LogP contribution is -2.57. The molecule has 2 rings (SSSR count). The molecule has 1 atom stereocenters. The Morgan fingerprint density at radius 1 is 1.36 bits per heavy atom. The van der Waals surface area contributed by atoms with Gasteiger partial charge in [-0.3, -0.25) is 19.1 Å². The third-order valence-electron chi connectivity index (χ3n) is 4.81. The average Bonchev–Trinajstić information content (AvgIpc) is 3.03. The standard InChI is InChI=1S/C17H28N6O5/c1-9(2)17(19,10(3)4)15(26)27-6-11(5-24)28-8-23-7-20-12-13(23)21-16(18)22-14(12)25/h7,9-11,24H,5-6,8,19H2,1-4H3,(H3,18,21,22,25). The molecule has 0 aliphatic rings. The molecule has 0 aliphatic heterocycles. The van der Waals surface area contributed by atoms with Crippen molar-refractivity contribution in [3.63, 3.8) is 0 Å². The van der Waals surface area contributed by atoms with Gasteiger partial charge in [-0.15, -0.1) is 0 Å². The van der Waals surface area contributed by atoms with Gasteiger partial charge in [-0.2, -0.15) is 4.98 Å². The van der Waals surface area contributed by atoms with Gasteiger partial charge in [0.2, 0.25) is 5.95 Å². The van der Waals surface area contributed by atoms with E-state index in [4.69, 9.17) is 20.9 Å². The molecule has 0 saturated carbocycles. The number of hydrogen-bond acceptors (Lipinski definition) is 9. The molecule has 11 nitrogen and oxygen atoms in total. The number of anilines is 1. The number of aromatic nitrogens is 4. The normalized spacial score (nSPS) is 13.4. The molecule has 28 heavy (non-hydrogen) atoms. The number of H-pyrrole nitrogens is 1. The van der Waals surface area contributed by atoms with Gasteiger partial charge >= 0.3 is 5.97 Å². The van der Waals surface area contributed by atoms with Gasteiger partial charge in [0.15, 0.2) is 11.2 Å². The molecule has 0 fully saturated rings. The second-order valence-corrected chi connectivity index (χ2v) is 7.28. The van der Waals surface area contributed by atoms with Crippen LogP contribution in [-0.2, 0) is 21.0 Å². The number of fused-ring (bicyclic) bond motifs is 1. The summed E-state index contributed by atoms with van der Waals surface area (Å²) in [6.45, 7) is 6.79. The lowest BCUT2D eigenvalue weighted by Gasteiger charge is -2.35. The van der Waals surface area contributed by atoms with Crippen molar-refractivity contribution in [1.29, 1.82) is 0 Å². The minimum absolute atomic E-state index is 0.0476. The van der Waals surface area contributed by atoms with Crippen molar-refractivity contribution in [2.24, 2.45) is 17.6 Å². The molecule has 0 saturated heterocycles. The number of ether oxygens (including phenoxy) is 2. The molecule has 0 aromatic carbocycles. The number of nitrogen functional groups attached to an aromatic ring is 1. The Bertz CT molecular complexity index is 867. The van der Waals surface area contributed by atoms with E-state index in [9.17, 15) is 14.7 Å². The topological polar surface area (TPSA) is 171 Å². The molecule has 0 bridgehead atoms. The number of aromatic amines is 1. The average molecular weight is 396 g/mol. The Labute approximate surface area is 162 Å². The van der Waals surface area contributed by atoms with Crippen molar-refractivity contribution in [3.8, 4) is 0 Å². The first-order valence-electron chi connectivity index (χ1n) is 9.00. The second-order valence-electron chi connectivity index (χ2n) is 7.28. The first-order chi connectivity index (χ1) is 13.1. The molecule has 1 unspecified atom stereocenters. The van der Waals surface area contributed by atoms with Crippen molar-refractivity contribution in [3.05, 3.63) is 16.7 Å². The van der Waals surface area contributed by atoms with Crippen LogP contribution in [0.5, 0.6) is 0 Å². The van der Waals surface area contributed by atoms with Gasteiger partial charge in [0.1, 0.15) is 25.0 Å². The Morgan fingerprint density at radius 2 is 2.00 bits per heavy atom. The summed E-state index contributed by atoms with van der Waals surface area (Å²) < 4.78 is 12.3. The van der Waals surface area contributed by atoms with Crippen molar-refractivity contribution < 1.29 is 19.4 Å². The molecular weight excluding hydrogens is 368 g/mol. The number of imidazole rings is 1. The minimum Gasteiger partial charge on any atom is -0.461 e. The predicted molar refractivity (Wildman–Crippen MR) is 102 cm³/mol. The van der Waals surface area contributed by atoms with Crippen LogP contribution in [0.15, 0.2) is 11.1 Å². The Morgan fingerprint density at radius 3 is 2.57 bits per heavy atom. The zero-order valence-electron chi connectivity index (χ0n) is 16.5. The van der Waals surface area contributed by atoms with Gasteiger partial charge < -0.3 is 26.0 Å². The van der Waals surface area contributed by atoms with Gasteiger partial charge in [-0.1, -0.05) is 27.7 Å². The van der Waals surface area contributed by atoms with Gasteiger partial charge in [-0.25, -0.2) is 4.98 Å². The number of carbonyl (C=O) groups excluding carboxylic acids is 1. The SMILES string of the molecule is CC(C)C(N)(C(=O)OCC(CO)OCn1cnc2c(=O)[nH]c(N)nc21)C(C)C. The van der Waals surface area contributed by atoms with Crippen LogP contribution < -0.4 is 17.0 Å². The zero-order chi connectivity index (χ0) is 21.1. The molecule has 0 aliphatic carbocycles. The van der Waals surface area contributed by atoms with Crippen LogP contribution >= 0.6 is 0 Å². The van der Waals surface area contributed by atoms with E-state index in [1.807, 2.05) is 27.7 Å². The molecular formula is C17H28N6O5. The van der Waals surface area contributed by atoms with Crippen LogP contribution in [0, 0.1) is 11.8 Å². The maximum absolute atomic E-state index is 12.5. The first kappa shape index (κ1) is 21.8. The summed E-state index contributed by atoms with van der Waals surface area (Å²) in [5, 5.41) is 9.53. The third kappa shape index (κ3) is 4.32. The van der Waals surface area contributed by atoms with Crippen molar-refractivity contribution in [1.82, 2.24) is 19.5 Å². The predicted octanol–water partition coefficient (Wildman–Crippen LogP) is -0.410. The molecule has 2 heterocycles. The van der Waals surface area contributed by atoms with E-state index in [1.165, 1.54) is 10.9 Å². The molecule has 2 aromatic heterocycles. The number of nitrogens with one attached hydrogen (secondary N) is 1. The highest BCUT2D eigenvalue weighted by Gasteiger charge is 2.42. The summed E-state index contributed by atoms with van der Waals surface area (Å²) in [6.07, 6.45) is 0.583. The maximum atomic E-state index is 12.5. The Balaban J connectivity index is 2.02. The van der Waals surface area contributed by atoms with Gasteiger partial charge in [-0.05, 0) is 11.8 Å². The lowest BCUT2D eigenvalue weighted by molar-refractivity contribution is -0.160. The van der Waals surface area contributed by atoms with Gasteiger partial charge in [0.25, 0.3) is 5.56 Å². The van der Waals surface area contributed by atoms with E-state index in [2.05, 4.69) is 15.0 Å². The van der Waals surface area contributed by atoms with Crippen molar-refractivity contribution in [2.45, 2.75) is 46.1 Å². The van der Waals surface area contributed by atoms with E-state index in [0.29, 0.717) is 0 Å². The molecule has 11 heteroatoms. The summed E-state index contributed by atoms with van der Waals surface area (Å²) >= 11 is 0. The summed E-state index contributed by atoms with van der Waals surface area (Å²) in [6, 6.07) is 0. The maximum Gasteiger partial charge on any atom is 0.326 e. The molecule has 2 aromatic rings. The highest BCUT2D eigenvalue weighted by atomic mass is 16.6. The number of carbonyl (C=O) groups is 1. The van der Waals surface area contributed by atoms with E-state index < -0.39 is 23.2 Å². The number of esters is 1. The molecule has 0 radical (unpaired) electrons. The van der Waals surface area contributed by atoms with E-state index in [-0.39, 0.29) is 48.9 Å². The van der Waals surface area contributed by atoms with Crippen LogP contribution in [0.3, 0.4) is 0 Å². The van der Waals surface area contributed by atoms with E-state index in [1.54, 1.807) is 0 Å².